The number of ether oxygens (including phenoxy) is 6. The number of ketones is 1. The van der Waals surface area contributed by atoms with E-state index in [9.17, 15) is 9.59 Å². The van der Waals surface area contributed by atoms with Crippen LogP contribution in [0.5, 0.6) is 34.5 Å². The summed E-state index contributed by atoms with van der Waals surface area (Å²) in [6.45, 7) is 1.76. The van der Waals surface area contributed by atoms with Crippen molar-refractivity contribution < 1.29 is 38.0 Å². The minimum absolute atomic E-state index is 0.0875. The molecule has 0 spiro atoms. The van der Waals surface area contributed by atoms with Gasteiger partial charge in [0.25, 0.3) is 0 Å². The number of aryl methyl sites for hydroxylation is 1. The largest absolute Gasteiger partial charge is 0.497 e. The Balaban J connectivity index is 1.56. The fraction of sp³-hybridized carbons (Fsp3) is 0.214. The van der Waals surface area contributed by atoms with Crippen LogP contribution in [-0.2, 0) is 11.2 Å². The number of allylic oxidation sites excluding steroid dienone is 1. The van der Waals surface area contributed by atoms with Gasteiger partial charge in [-0.15, -0.1) is 0 Å². The Bertz CT molecular complexity index is 1340. The van der Waals surface area contributed by atoms with E-state index in [1.807, 2.05) is 0 Å². The quantitative estimate of drug-likeness (QED) is 0.253. The van der Waals surface area contributed by atoms with E-state index in [0.29, 0.717) is 51.2 Å². The van der Waals surface area contributed by atoms with Crippen molar-refractivity contribution in [1.82, 2.24) is 0 Å². The summed E-state index contributed by atoms with van der Waals surface area (Å²) in [5, 5.41) is 0. The Labute approximate surface area is 209 Å². The van der Waals surface area contributed by atoms with Gasteiger partial charge in [-0.25, -0.2) is 0 Å². The fourth-order valence-electron chi connectivity index (χ4n) is 3.92. The highest BCUT2D eigenvalue weighted by molar-refractivity contribution is 6.15. The van der Waals surface area contributed by atoms with E-state index in [1.54, 1.807) is 68.6 Å². The van der Waals surface area contributed by atoms with Crippen molar-refractivity contribution in [1.29, 1.82) is 0 Å². The molecule has 3 aromatic carbocycles. The number of methoxy groups -OCH3 is 4. The summed E-state index contributed by atoms with van der Waals surface area (Å²) in [7, 11) is 6.15. The van der Waals surface area contributed by atoms with Crippen molar-refractivity contribution in [3.8, 4) is 34.5 Å². The van der Waals surface area contributed by atoms with Gasteiger partial charge in [-0.1, -0.05) is 12.1 Å². The van der Waals surface area contributed by atoms with Crippen LogP contribution < -0.4 is 28.4 Å². The first-order valence-corrected chi connectivity index (χ1v) is 11.1. The van der Waals surface area contributed by atoms with E-state index >= 15 is 0 Å². The predicted octanol–water partition coefficient (Wildman–Crippen LogP) is 4.79. The highest BCUT2D eigenvalue weighted by Crippen LogP contribution is 2.40. The second-order valence-electron chi connectivity index (χ2n) is 8.00. The van der Waals surface area contributed by atoms with E-state index < -0.39 is 5.97 Å². The predicted molar refractivity (Wildman–Crippen MR) is 133 cm³/mol. The average Bonchev–Trinajstić information content (AvgIpc) is 3.19. The molecule has 36 heavy (non-hydrogen) atoms. The Kier molecular flexibility index (Phi) is 7.15. The van der Waals surface area contributed by atoms with Crippen LogP contribution in [0, 0.1) is 6.92 Å². The smallest absolute Gasteiger partial charge is 0.315 e. The molecule has 0 atom stereocenters. The van der Waals surface area contributed by atoms with Crippen molar-refractivity contribution in [2.75, 3.05) is 28.4 Å². The van der Waals surface area contributed by atoms with Crippen LogP contribution in [0.1, 0.15) is 27.0 Å². The van der Waals surface area contributed by atoms with E-state index in [1.165, 1.54) is 21.3 Å². The molecule has 0 fully saturated rings. The maximum Gasteiger partial charge on any atom is 0.315 e. The second-order valence-corrected chi connectivity index (χ2v) is 8.00. The number of carbonyl (C=O) groups excluding carboxylic acids is 2. The van der Waals surface area contributed by atoms with Crippen LogP contribution >= 0.6 is 0 Å². The Morgan fingerprint density at radius 3 is 2.14 bits per heavy atom. The molecule has 0 saturated carbocycles. The van der Waals surface area contributed by atoms with Gasteiger partial charge in [0.15, 0.2) is 17.3 Å². The van der Waals surface area contributed by atoms with Crippen LogP contribution in [0.15, 0.2) is 54.3 Å². The summed E-state index contributed by atoms with van der Waals surface area (Å²) in [6.07, 6.45) is 1.67. The summed E-state index contributed by atoms with van der Waals surface area (Å²) < 4.78 is 32.7. The lowest BCUT2D eigenvalue weighted by Gasteiger charge is -2.12. The SMILES string of the molecule is COc1ccc(CC(=O)Oc2cc(C)c3c(c2)O/C(=C\c2cc(OC)c(OC)cc2OC)C3=O)cc1. The maximum atomic E-state index is 13.1. The normalized spacial score (nSPS) is 13.1. The molecule has 0 unspecified atom stereocenters. The number of esters is 1. The lowest BCUT2D eigenvalue weighted by atomic mass is 10.0. The Morgan fingerprint density at radius 1 is 0.833 bits per heavy atom. The van der Waals surface area contributed by atoms with Crippen LogP contribution in [-0.4, -0.2) is 40.2 Å². The fourth-order valence-corrected chi connectivity index (χ4v) is 3.92. The minimum Gasteiger partial charge on any atom is -0.497 e. The number of hydrogen-bond donors (Lipinski definition) is 0. The van der Waals surface area contributed by atoms with Crippen LogP contribution in [0.25, 0.3) is 6.08 Å². The topological polar surface area (TPSA) is 89.5 Å². The van der Waals surface area contributed by atoms with Gasteiger partial charge < -0.3 is 28.4 Å². The van der Waals surface area contributed by atoms with Gasteiger partial charge in [-0.3, -0.25) is 9.59 Å². The molecule has 1 aliphatic heterocycles. The molecule has 8 heteroatoms. The maximum absolute atomic E-state index is 13.1. The van der Waals surface area contributed by atoms with E-state index in [0.717, 1.165) is 5.56 Å². The first-order valence-electron chi connectivity index (χ1n) is 11.1. The molecule has 0 aromatic heterocycles. The zero-order valence-corrected chi connectivity index (χ0v) is 20.7. The zero-order valence-electron chi connectivity index (χ0n) is 20.7. The van der Waals surface area contributed by atoms with Crippen molar-refractivity contribution in [2.24, 2.45) is 0 Å². The average molecular weight is 491 g/mol. The van der Waals surface area contributed by atoms with Crippen molar-refractivity contribution in [2.45, 2.75) is 13.3 Å². The van der Waals surface area contributed by atoms with Gasteiger partial charge in [0.1, 0.15) is 23.0 Å². The molecule has 1 heterocycles. The van der Waals surface area contributed by atoms with E-state index in [-0.39, 0.29) is 18.0 Å². The summed E-state index contributed by atoms with van der Waals surface area (Å²) in [5.74, 6) is 2.17. The first-order chi connectivity index (χ1) is 17.4. The molecule has 0 amide bonds. The molecular formula is C28H26O8. The molecular weight excluding hydrogens is 464 g/mol. The Hall–Kier alpha value is -4.46. The summed E-state index contributed by atoms with van der Waals surface area (Å²) in [5.41, 5.74) is 2.41. The number of benzene rings is 3. The van der Waals surface area contributed by atoms with Gasteiger partial charge in [0.2, 0.25) is 5.78 Å². The molecule has 186 valence electrons. The van der Waals surface area contributed by atoms with Crippen molar-refractivity contribution >= 4 is 17.8 Å². The highest BCUT2D eigenvalue weighted by atomic mass is 16.5. The van der Waals surface area contributed by atoms with Gasteiger partial charge in [0.05, 0.1) is 40.4 Å². The second kappa shape index (κ2) is 10.4. The molecule has 0 aliphatic carbocycles. The molecule has 0 saturated heterocycles. The third-order valence-corrected chi connectivity index (χ3v) is 5.71. The number of Topliss-reactive ketones (excluding diaryl/α,β-unsaturated/α-hetero) is 1. The highest BCUT2D eigenvalue weighted by Gasteiger charge is 2.31. The summed E-state index contributed by atoms with van der Waals surface area (Å²) in [4.78, 5) is 25.6. The van der Waals surface area contributed by atoms with Gasteiger partial charge in [-0.2, -0.15) is 0 Å². The monoisotopic (exact) mass is 490 g/mol. The molecule has 0 radical (unpaired) electrons. The standard InChI is InChI=1S/C28H26O8/c1-16-10-20(35-26(29)11-17-6-8-19(31-2)9-7-17)14-24-27(16)28(30)25(36-24)13-18-12-22(33-4)23(34-5)15-21(18)32-3/h6-10,12-15H,11H2,1-5H3/b25-13-. The van der Waals surface area contributed by atoms with Gasteiger partial charge in [-0.05, 0) is 48.4 Å². The molecule has 4 rings (SSSR count). The lowest BCUT2D eigenvalue weighted by molar-refractivity contribution is -0.133. The van der Waals surface area contributed by atoms with Crippen molar-refractivity contribution in [3.05, 3.63) is 76.5 Å². The van der Waals surface area contributed by atoms with Crippen LogP contribution in [0.3, 0.4) is 0 Å². The molecule has 0 N–H and O–H groups in total. The van der Waals surface area contributed by atoms with E-state index in [4.69, 9.17) is 28.4 Å². The number of carbonyl (C=O) groups is 2. The number of rotatable bonds is 8. The lowest BCUT2D eigenvalue weighted by Crippen LogP contribution is -2.11. The number of hydrogen-bond acceptors (Lipinski definition) is 8. The Morgan fingerprint density at radius 2 is 1.50 bits per heavy atom. The minimum atomic E-state index is -0.435. The van der Waals surface area contributed by atoms with Crippen LogP contribution in [0.2, 0.25) is 0 Å². The third-order valence-electron chi connectivity index (χ3n) is 5.71. The van der Waals surface area contributed by atoms with E-state index in [2.05, 4.69) is 0 Å². The number of fused-ring (bicyclic) bond motifs is 1. The first kappa shape index (κ1) is 24.7. The van der Waals surface area contributed by atoms with Gasteiger partial charge >= 0.3 is 5.97 Å². The molecule has 3 aromatic rings. The molecule has 1 aliphatic rings. The summed E-state index contributed by atoms with van der Waals surface area (Å²) in [6, 6.07) is 13.7. The van der Waals surface area contributed by atoms with Gasteiger partial charge in [0, 0.05) is 17.7 Å². The van der Waals surface area contributed by atoms with Crippen molar-refractivity contribution in [3.63, 3.8) is 0 Å². The molecule has 8 nitrogen and oxygen atoms in total. The third kappa shape index (κ3) is 4.98. The van der Waals surface area contributed by atoms with Crippen LogP contribution in [0.4, 0.5) is 0 Å². The zero-order chi connectivity index (χ0) is 25.8. The molecule has 0 bridgehead atoms. The summed E-state index contributed by atoms with van der Waals surface area (Å²) >= 11 is 0.